The molecule has 2 aromatic carbocycles. The fourth-order valence-corrected chi connectivity index (χ4v) is 1.59. The monoisotopic (exact) mass is 222 g/mol. The van der Waals surface area contributed by atoms with Gasteiger partial charge in [-0.25, -0.2) is 0 Å². The first kappa shape index (κ1) is 11.4. The first-order valence-electron chi connectivity index (χ1n) is 5.57. The van der Waals surface area contributed by atoms with Gasteiger partial charge in [-0.1, -0.05) is 54.3 Å². The molecule has 0 aliphatic carbocycles. The van der Waals surface area contributed by atoms with Crippen LogP contribution >= 0.6 is 0 Å². The third kappa shape index (κ3) is 3.21. The number of aryl methyl sites for hydroxylation is 1. The Morgan fingerprint density at radius 1 is 1.00 bits per heavy atom. The molecule has 1 N–H and O–H groups in total. The van der Waals surface area contributed by atoms with E-state index in [-0.39, 0.29) is 0 Å². The van der Waals surface area contributed by atoms with Crippen molar-refractivity contribution in [2.24, 2.45) is 0 Å². The Morgan fingerprint density at radius 2 is 1.76 bits per heavy atom. The summed E-state index contributed by atoms with van der Waals surface area (Å²) in [5.41, 5.74) is 2.93. The van der Waals surface area contributed by atoms with Crippen molar-refractivity contribution in [1.29, 1.82) is 0 Å². The maximum Gasteiger partial charge on any atom is 0.140 e. The van der Waals surface area contributed by atoms with Gasteiger partial charge in [-0.2, -0.15) is 0 Å². The summed E-state index contributed by atoms with van der Waals surface area (Å²) >= 11 is 0. The van der Waals surface area contributed by atoms with Crippen molar-refractivity contribution in [3.8, 4) is 11.8 Å². The number of rotatable bonds is 1. The lowest BCUT2D eigenvalue weighted by atomic mass is 10.1. The molecule has 0 aromatic heterocycles. The van der Waals surface area contributed by atoms with Gasteiger partial charge in [0.2, 0.25) is 0 Å². The lowest BCUT2D eigenvalue weighted by Crippen LogP contribution is -1.92. The van der Waals surface area contributed by atoms with Crippen molar-refractivity contribution in [3.63, 3.8) is 0 Å². The van der Waals surface area contributed by atoms with Crippen LogP contribution in [0.3, 0.4) is 0 Å². The van der Waals surface area contributed by atoms with Crippen LogP contribution < -0.4 is 0 Å². The van der Waals surface area contributed by atoms with Gasteiger partial charge < -0.3 is 5.11 Å². The SMILES string of the molecule is Cc1cccc(C#CC(O)c2ccccc2)c1. The fraction of sp³-hybridized carbons (Fsp3) is 0.125. The zero-order valence-electron chi connectivity index (χ0n) is 9.72. The van der Waals surface area contributed by atoms with E-state index in [1.807, 2.05) is 61.5 Å². The van der Waals surface area contributed by atoms with Gasteiger partial charge in [0.25, 0.3) is 0 Å². The normalized spacial score (nSPS) is 11.4. The van der Waals surface area contributed by atoms with Crippen LogP contribution in [0, 0.1) is 18.8 Å². The van der Waals surface area contributed by atoms with Crippen molar-refractivity contribution in [2.45, 2.75) is 13.0 Å². The summed E-state index contributed by atoms with van der Waals surface area (Å²) in [6.07, 6.45) is -0.725. The van der Waals surface area contributed by atoms with E-state index in [0.29, 0.717) is 0 Å². The molecule has 0 aliphatic heterocycles. The summed E-state index contributed by atoms with van der Waals surface area (Å²) in [5, 5.41) is 9.88. The highest BCUT2D eigenvalue weighted by atomic mass is 16.3. The highest BCUT2D eigenvalue weighted by Gasteiger charge is 2.00. The molecule has 0 amide bonds. The summed E-state index contributed by atoms with van der Waals surface area (Å²) in [6, 6.07) is 17.4. The Bertz CT molecular complexity index is 546. The van der Waals surface area contributed by atoms with Crippen LogP contribution in [0.25, 0.3) is 0 Å². The van der Waals surface area contributed by atoms with E-state index in [4.69, 9.17) is 0 Å². The topological polar surface area (TPSA) is 20.2 Å². The number of aliphatic hydroxyl groups is 1. The van der Waals surface area contributed by atoms with Crippen molar-refractivity contribution in [2.75, 3.05) is 0 Å². The molecule has 84 valence electrons. The number of benzene rings is 2. The zero-order valence-corrected chi connectivity index (χ0v) is 9.72. The van der Waals surface area contributed by atoms with Crippen molar-refractivity contribution in [3.05, 3.63) is 71.3 Å². The lowest BCUT2D eigenvalue weighted by molar-refractivity contribution is 0.238. The molecule has 1 heteroatoms. The van der Waals surface area contributed by atoms with Crippen LogP contribution in [0.1, 0.15) is 22.8 Å². The average Bonchev–Trinajstić information content (AvgIpc) is 2.37. The summed E-state index contributed by atoms with van der Waals surface area (Å²) in [5.74, 6) is 5.83. The second-order valence-electron chi connectivity index (χ2n) is 3.95. The van der Waals surface area contributed by atoms with Gasteiger partial charge in [-0.3, -0.25) is 0 Å². The molecule has 0 heterocycles. The Hall–Kier alpha value is -2.04. The molecule has 0 saturated heterocycles. The maximum atomic E-state index is 9.88. The second kappa shape index (κ2) is 5.34. The Balaban J connectivity index is 2.17. The number of hydrogen-bond donors (Lipinski definition) is 1. The van der Waals surface area contributed by atoms with Crippen molar-refractivity contribution >= 4 is 0 Å². The minimum Gasteiger partial charge on any atom is -0.376 e. The summed E-state index contributed by atoms with van der Waals surface area (Å²) in [7, 11) is 0. The number of hydrogen-bond acceptors (Lipinski definition) is 1. The van der Waals surface area contributed by atoms with E-state index in [1.54, 1.807) is 0 Å². The molecule has 0 aliphatic rings. The van der Waals surface area contributed by atoms with Crippen molar-refractivity contribution < 1.29 is 5.11 Å². The molecular weight excluding hydrogens is 208 g/mol. The van der Waals surface area contributed by atoms with Gasteiger partial charge in [0, 0.05) is 5.56 Å². The average molecular weight is 222 g/mol. The highest BCUT2D eigenvalue weighted by molar-refractivity contribution is 5.38. The molecule has 1 nitrogen and oxygen atoms in total. The lowest BCUT2D eigenvalue weighted by Gasteiger charge is -2.02. The van der Waals surface area contributed by atoms with E-state index in [1.165, 1.54) is 5.56 Å². The molecule has 1 unspecified atom stereocenters. The van der Waals surface area contributed by atoms with Gasteiger partial charge in [0.15, 0.2) is 0 Å². The van der Waals surface area contributed by atoms with Crippen LogP contribution in [0.4, 0.5) is 0 Å². The van der Waals surface area contributed by atoms with Gasteiger partial charge >= 0.3 is 0 Å². The van der Waals surface area contributed by atoms with Gasteiger partial charge in [-0.05, 0) is 30.2 Å². The standard InChI is InChI=1S/C16H14O/c1-13-6-5-7-14(12-13)10-11-16(17)15-8-3-2-4-9-15/h2-9,12,16-17H,1H3. The molecule has 0 spiro atoms. The van der Waals surface area contributed by atoms with Crippen LogP contribution in [0.2, 0.25) is 0 Å². The predicted octanol–water partition coefficient (Wildman–Crippen LogP) is 3.08. The van der Waals surface area contributed by atoms with Crippen LogP contribution in [-0.4, -0.2) is 5.11 Å². The summed E-state index contributed by atoms with van der Waals surface area (Å²) < 4.78 is 0. The Kier molecular flexibility index (Phi) is 3.59. The first-order valence-corrected chi connectivity index (χ1v) is 5.57. The maximum absolute atomic E-state index is 9.88. The molecule has 0 saturated carbocycles. The minimum absolute atomic E-state index is 0.725. The highest BCUT2D eigenvalue weighted by Crippen LogP contribution is 2.11. The third-order valence-electron chi connectivity index (χ3n) is 2.49. The van der Waals surface area contributed by atoms with Gasteiger partial charge in [0.1, 0.15) is 6.10 Å². The second-order valence-corrected chi connectivity index (χ2v) is 3.95. The predicted molar refractivity (Wildman–Crippen MR) is 69.5 cm³/mol. The van der Waals surface area contributed by atoms with Gasteiger partial charge in [-0.15, -0.1) is 0 Å². The Labute approximate surface area is 102 Å². The van der Waals surface area contributed by atoms with E-state index in [2.05, 4.69) is 11.8 Å². The molecule has 2 aromatic rings. The molecule has 0 fully saturated rings. The molecular formula is C16H14O. The molecule has 17 heavy (non-hydrogen) atoms. The summed E-state index contributed by atoms with van der Waals surface area (Å²) in [6.45, 7) is 2.03. The van der Waals surface area contributed by atoms with Crippen LogP contribution in [-0.2, 0) is 0 Å². The first-order chi connectivity index (χ1) is 8.25. The fourth-order valence-electron chi connectivity index (χ4n) is 1.59. The summed E-state index contributed by atoms with van der Waals surface area (Å²) in [4.78, 5) is 0. The van der Waals surface area contributed by atoms with E-state index in [0.717, 1.165) is 11.1 Å². The minimum atomic E-state index is -0.725. The van der Waals surface area contributed by atoms with Crippen LogP contribution in [0.15, 0.2) is 54.6 Å². The molecule has 1 atom stereocenters. The third-order valence-corrected chi connectivity index (χ3v) is 2.49. The van der Waals surface area contributed by atoms with E-state index < -0.39 is 6.10 Å². The molecule has 0 radical (unpaired) electrons. The number of aliphatic hydroxyl groups excluding tert-OH is 1. The largest absolute Gasteiger partial charge is 0.376 e. The van der Waals surface area contributed by atoms with E-state index in [9.17, 15) is 5.11 Å². The molecule has 2 rings (SSSR count). The Morgan fingerprint density at radius 3 is 2.47 bits per heavy atom. The van der Waals surface area contributed by atoms with Crippen molar-refractivity contribution in [1.82, 2.24) is 0 Å². The molecule has 0 bridgehead atoms. The van der Waals surface area contributed by atoms with Crippen LogP contribution in [0.5, 0.6) is 0 Å². The smallest absolute Gasteiger partial charge is 0.140 e. The van der Waals surface area contributed by atoms with E-state index >= 15 is 0 Å². The van der Waals surface area contributed by atoms with Gasteiger partial charge in [0.05, 0.1) is 0 Å². The quantitative estimate of drug-likeness (QED) is 0.735. The zero-order chi connectivity index (χ0) is 12.1.